The van der Waals surface area contributed by atoms with E-state index in [-0.39, 0.29) is 17.8 Å². The molecule has 0 aromatic carbocycles. The number of hydrogen-bond donors (Lipinski definition) is 1. The molecule has 0 radical (unpaired) electrons. The molecule has 0 bridgehead atoms. The fraction of sp³-hybridized carbons (Fsp3) is 0.545. The molecule has 82 valence electrons. The Kier molecular flexibility index (Phi) is 3.59. The maximum absolute atomic E-state index is 12.0. The van der Waals surface area contributed by atoms with Gasteiger partial charge in [-0.25, -0.2) is 0 Å². The summed E-state index contributed by atoms with van der Waals surface area (Å²) < 4.78 is 0.978. The summed E-state index contributed by atoms with van der Waals surface area (Å²) >= 11 is 4.85. The van der Waals surface area contributed by atoms with Crippen molar-refractivity contribution in [3.8, 4) is 0 Å². The van der Waals surface area contributed by atoms with Gasteiger partial charge < -0.3 is 5.11 Å². The molecular formula is C11H13BrO2S. The molecule has 0 saturated heterocycles. The van der Waals surface area contributed by atoms with Crippen LogP contribution in [-0.4, -0.2) is 17.0 Å². The first-order valence-corrected chi connectivity index (χ1v) is 6.80. The van der Waals surface area contributed by atoms with Crippen LogP contribution >= 0.6 is 27.3 Å². The van der Waals surface area contributed by atoms with E-state index in [4.69, 9.17) is 0 Å². The average molecular weight is 289 g/mol. The third-order valence-electron chi connectivity index (χ3n) is 2.88. The zero-order valence-electron chi connectivity index (χ0n) is 8.28. The summed E-state index contributed by atoms with van der Waals surface area (Å²) in [4.78, 5) is 12.9. The lowest BCUT2D eigenvalue weighted by molar-refractivity contribution is 0.0768. The number of aliphatic hydroxyl groups excluding tert-OH is 1. The van der Waals surface area contributed by atoms with Crippen molar-refractivity contribution in [3.05, 3.63) is 20.8 Å². The van der Waals surface area contributed by atoms with Gasteiger partial charge in [0.25, 0.3) is 0 Å². The maximum Gasteiger partial charge on any atom is 0.175 e. The van der Waals surface area contributed by atoms with Gasteiger partial charge in [-0.2, -0.15) is 0 Å². The molecule has 2 rings (SSSR count). The first-order chi connectivity index (χ1) is 7.16. The molecule has 1 saturated carbocycles. The standard InChI is InChI=1S/C11H13BrO2S/c12-8-5-10(15-6-8)11(14)7-1-3-9(13)4-2-7/h5-7,9,13H,1-4H2. The number of aliphatic hydroxyl groups is 1. The second kappa shape index (κ2) is 4.76. The number of ketones is 1. The third kappa shape index (κ3) is 2.68. The Morgan fingerprint density at radius 3 is 2.60 bits per heavy atom. The quantitative estimate of drug-likeness (QED) is 0.849. The van der Waals surface area contributed by atoms with Gasteiger partial charge in [-0.15, -0.1) is 11.3 Å². The van der Waals surface area contributed by atoms with Crippen molar-refractivity contribution in [2.75, 3.05) is 0 Å². The minimum atomic E-state index is -0.191. The number of rotatable bonds is 2. The zero-order chi connectivity index (χ0) is 10.8. The summed E-state index contributed by atoms with van der Waals surface area (Å²) in [5.74, 6) is 0.372. The SMILES string of the molecule is O=C(c1cc(Br)cs1)C1CCC(O)CC1. The van der Waals surface area contributed by atoms with Crippen molar-refractivity contribution in [2.45, 2.75) is 31.8 Å². The average Bonchev–Trinajstić information content (AvgIpc) is 2.65. The molecule has 1 N–H and O–H groups in total. The Hall–Kier alpha value is -0.190. The highest BCUT2D eigenvalue weighted by Gasteiger charge is 2.26. The summed E-state index contributed by atoms with van der Waals surface area (Å²) in [6, 6.07) is 1.89. The smallest absolute Gasteiger partial charge is 0.175 e. The summed E-state index contributed by atoms with van der Waals surface area (Å²) in [6.45, 7) is 0. The van der Waals surface area contributed by atoms with Gasteiger partial charge in [0.05, 0.1) is 11.0 Å². The molecule has 0 aliphatic heterocycles. The Labute approximate surface area is 101 Å². The van der Waals surface area contributed by atoms with E-state index in [1.807, 2.05) is 11.4 Å². The van der Waals surface area contributed by atoms with Crippen LogP contribution in [0.25, 0.3) is 0 Å². The largest absolute Gasteiger partial charge is 0.393 e. The minimum absolute atomic E-state index is 0.124. The molecule has 4 heteroatoms. The molecule has 1 aliphatic rings. The lowest BCUT2D eigenvalue weighted by atomic mass is 9.84. The number of thiophene rings is 1. The van der Waals surface area contributed by atoms with E-state index >= 15 is 0 Å². The second-order valence-electron chi connectivity index (χ2n) is 4.00. The Morgan fingerprint density at radius 1 is 1.40 bits per heavy atom. The van der Waals surface area contributed by atoms with Crippen LogP contribution in [0.4, 0.5) is 0 Å². The Bertz CT molecular complexity index is 353. The van der Waals surface area contributed by atoms with E-state index in [0.717, 1.165) is 35.0 Å². The minimum Gasteiger partial charge on any atom is -0.393 e. The molecular weight excluding hydrogens is 276 g/mol. The molecule has 1 aromatic rings. The molecule has 0 amide bonds. The summed E-state index contributed by atoms with van der Waals surface area (Å²) in [5, 5.41) is 11.3. The highest BCUT2D eigenvalue weighted by molar-refractivity contribution is 9.10. The van der Waals surface area contributed by atoms with Crippen molar-refractivity contribution in [3.63, 3.8) is 0 Å². The van der Waals surface area contributed by atoms with E-state index in [1.165, 1.54) is 11.3 Å². The number of carbonyl (C=O) groups is 1. The van der Waals surface area contributed by atoms with Crippen LogP contribution in [0.1, 0.15) is 35.4 Å². The predicted molar refractivity (Wildman–Crippen MR) is 64.3 cm³/mol. The van der Waals surface area contributed by atoms with Crippen LogP contribution in [0, 0.1) is 5.92 Å². The van der Waals surface area contributed by atoms with Crippen LogP contribution < -0.4 is 0 Å². The van der Waals surface area contributed by atoms with Gasteiger partial charge in [0, 0.05) is 15.8 Å². The molecule has 1 fully saturated rings. The number of Topliss-reactive ketones (excluding diaryl/α,β-unsaturated/α-hetero) is 1. The van der Waals surface area contributed by atoms with Gasteiger partial charge in [-0.05, 0) is 47.7 Å². The number of halogens is 1. The molecule has 1 aliphatic carbocycles. The molecule has 1 heterocycles. The van der Waals surface area contributed by atoms with E-state index in [2.05, 4.69) is 15.9 Å². The highest BCUT2D eigenvalue weighted by Crippen LogP contribution is 2.30. The monoisotopic (exact) mass is 288 g/mol. The number of carbonyl (C=O) groups excluding carboxylic acids is 1. The predicted octanol–water partition coefficient (Wildman–Crippen LogP) is 3.24. The van der Waals surface area contributed by atoms with Gasteiger partial charge in [0.15, 0.2) is 5.78 Å². The summed E-state index contributed by atoms with van der Waals surface area (Å²) in [7, 11) is 0. The molecule has 1 aromatic heterocycles. The lowest BCUT2D eigenvalue weighted by Crippen LogP contribution is -2.23. The fourth-order valence-corrected chi connectivity index (χ4v) is 3.43. The Balaban J connectivity index is 2.02. The molecule has 0 atom stereocenters. The maximum atomic E-state index is 12.0. The van der Waals surface area contributed by atoms with Crippen molar-refractivity contribution >= 4 is 33.0 Å². The third-order valence-corrected chi connectivity index (χ3v) is 4.58. The van der Waals surface area contributed by atoms with Crippen molar-refractivity contribution < 1.29 is 9.90 Å². The summed E-state index contributed by atoms with van der Waals surface area (Å²) in [6.07, 6.45) is 3.00. The van der Waals surface area contributed by atoms with Crippen LogP contribution in [0.15, 0.2) is 15.9 Å². The van der Waals surface area contributed by atoms with Gasteiger partial charge in [0.1, 0.15) is 0 Å². The Morgan fingerprint density at radius 2 is 2.07 bits per heavy atom. The van der Waals surface area contributed by atoms with Crippen molar-refractivity contribution in [2.24, 2.45) is 5.92 Å². The van der Waals surface area contributed by atoms with Crippen LogP contribution in [0.3, 0.4) is 0 Å². The van der Waals surface area contributed by atoms with E-state index in [9.17, 15) is 9.90 Å². The molecule has 2 nitrogen and oxygen atoms in total. The second-order valence-corrected chi connectivity index (χ2v) is 5.83. The first-order valence-electron chi connectivity index (χ1n) is 5.13. The first kappa shape index (κ1) is 11.3. The molecule has 0 unspecified atom stereocenters. The van der Waals surface area contributed by atoms with E-state index in [1.54, 1.807) is 0 Å². The zero-order valence-corrected chi connectivity index (χ0v) is 10.7. The highest BCUT2D eigenvalue weighted by atomic mass is 79.9. The number of hydrogen-bond acceptors (Lipinski definition) is 3. The lowest BCUT2D eigenvalue weighted by Gasteiger charge is -2.23. The fourth-order valence-electron chi connectivity index (χ4n) is 1.98. The topological polar surface area (TPSA) is 37.3 Å². The van der Waals surface area contributed by atoms with Crippen LogP contribution in [0.2, 0.25) is 0 Å². The normalized spacial score (nSPS) is 26.5. The van der Waals surface area contributed by atoms with Gasteiger partial charge >= 0.3 is 0 Å². The van der Waals surface area contributed by atoms with Crippen molar-refractivity contribution in [1.29, 1.82) is 0 Å². The van der Waals surface area contributed by atoms with Crippen LogP contribution in [0.5, 0.6) is 0 Å². The van der Waals surface area contributed by atoms with Gasteiger partial charge in [0.2, 0.25) is 0 Å². The van der Waals surface area contributed by atoms with E-state index in [0.29, 0.717) is 0 Å². The van der Waals surface area contributed by atoms with Crippen LogP contribution in [-0.2, 0) is 0 Å². The van der Waals surface area contributed by atoms with Gasteiger partial charge in [-0.1, -0.05) is 0 Å². The molecule has 15 heavy (non-hydrogen) atoms. The van der Waals surface area contributed by atoms with E-state index < -0.39 is 0 Å². The van der Waals surface area contributed by atoms with Gasteiger partial charge in [-0.3, -0.25) is 4.79 Å². The summed E-state index contributed by atoms with van der Waals surface area (Å²) in [5.41, 5.74) is 0. The molecule has 0 spiro atoms. The van der Waals surface area contributed by atoms with Crippen molar-refractivity contribution in [1.82, 2.24) is 0 Å².